The molecule has 1 atom stereocenters. The lowest BCUT2D eigenvalue weighted by atomic mass is 10.1. The number of carbonyl (C=O) groups is 3. The van der Waals surface area contributed by atoms with E-state index < -0.39 is 5.91 Å². The first-order chi connectivity index (χ1) is 11.0. The Balaban J connectivity index is 1.99. The fourth-order valence-electron chi connectivity index (χ4n) is 2.35. The van der Waals surface area contributed by atoms with E-state index in [1.807, 2.05) is 13.0 Å². The van der Waals surface area contributed by atoms with Gasteiger partial charge in [-0.2, -0.15) is 0 Å². The van der Waals surface area contributed by atoms with Crippen LogP contribution in [0.5, 0.6) is 0 Å². The van der Waals surface area contributed by atoms with E-state index in [-0.39, 0.29) is 24.4 Å². The number of nitrogens with one attached hydrogen (secondary N) is 1. The van der Waals surface area contributed by atoms with Gasteiger partial charge in [0.25, 0.3) is 5.91 Å². The quantitative estimate of drug-likeness (QED) is 0.817. The number of hydrogen-bond acceptors (Lipinski definition) is 4. The third kappa shape index (κ3) is 4.31. The molecule has 1 N–H and O–H groups in total. The van der Waals surface area contributed by atoms with Crippen LogP contribution in [0.2, 0.25) is 0 Å². The predicted octanol–water partition coefficient (Wildman–Crippen LogP) is 2.34. The molecule has 1 unspecified atom stereocenters. The monoisotopic (exact) mass is 318 g/mol. The van der Waals surface area contributed by atoms with Crippen molar-refractivity contribution in [3.8, 4) is 0 Å². The van der Waals surface area contributed by atoms with Crippen molar-refractivity contribution in [1.82, 2.24) is 0 Å². The summed E-state index contributed by atoms with van der Waals surface area (Å²) in [6, 6.07) is 7.13. The molecule has 0 radical (unpaired) electrons. The maximum absolute atomic E-state index is 12.0. The summed E-state index contributed by atoms with van der Waals surface area (Å²) in [6.45, 7) is 3.96. The highest BCUT2D eigenvalue weighted by Gasteiger charge is 2.24. The smallest absolute Gasteiger partial charge is 0.309 e. The molecule has 2 rings (SSSR count). The van der Waals surface area contributed by atoms with Gasteiger partial charge in [-0.3, -0.25) is 14.4 Å². The minimum absolute atomic E-state index is 0.0508. The number of para-hydroxylation sites is 2. The van der Waals surface area contributed by atoms with Gasteiger partial charge in [0.1, 0.15) is 0 Å². The molecule has 6 heteroatoms. The number of benzene rings is 1. The number of anilines is 2. The Kier molecular flexibility index (Phi) is 5.73. The molecule has 124 valence electrons. The fraction of sp³-hybridized carbons (Fsp3) is 0.471. The first-order valence-corrected chi connectivity index (χ1v) is 7.88. The summed E-state index contributed by atoms with van der Waals surface area (Å²) in [4.78, 5) is 37.1. The Hall–Kier alpha value is -2.37. The number of ether oxygens (including phenoxy) is 1. The molecule has 2 amide bonds. The van der Waals surface area contributed by atoms with Crippen LogP contribution in [0.25, 0.3) is 0 Å². The molecule has 0 spiro atoms. The van der Waals surface area contributed by atoms with E-state index in [9.17, 15) is 14.4 Å². The Morgan fingerprint density at radius 3 is 2.74 bits per heavy atom. The molecule has 1 aromatic carbocycles. The van der Waals surface area contributed by atoms with E-state index in [1.165, 1.54) is 0 Å². The average Bonchev–Trinajstić information content (AvgIpc) is 2.98. The summed E-state index contributed by atoms with van der Waals surface area (Å²) in [5.74, 6) is -0.974. The number of hydrogen-bond donors (Lipinski definition) is 1. The fourth-order valence-corrected chi connectivity index (χ4v) is 2.35. The van der Waals surface area contributed by atoms with Gasteiger partial charge in [-0.25, -0.2) is 0 Å². The van der Waals surface area contributed by atoms with Crippen LogP contribution in [0, 0.1) is 5.92 Å². The summed E-state index contributed by atoms with van der Waals surface area (Å²) in [6.07, 6.45) is 2.00. The second-order valence-corrected chi connectivity index (χ2v) is 5.63. The van der Waals surface area contributed by atoms with Gasteiger partial charge in [0, 0.05) is 13.0 Å². The minimum Gasteiger partial charge on any atom is -0.455 e. The van der Waals surface area contributed by atoms with Crippen molar-refractivity contribution in [3.63, 3.8) is 0 Å². The summed E-state index contributed by atoms with van der Waals surface area (Å²) in [7, 11) is 0. The van der Waals surface area contributed by atoms with Crippen LogP contribution < -0.4 is 10.2 Å². The molecule has 1 aliphatic rings. The van der Waals surface area contributed by atoms with Gasteiger partial charge in [-0.05, 0) is 25.0 Å². The summed E-state index contributed by atoms with van der Waals surface area (Å²) in [5, 5.41) is 2.71. The van der Waals surface area contributed by atoms with Crippen molar-refractivity contribution in [1.29, 1.82) is 0 Å². The average molecular weight is 318 g/mol. The molecular formula is C17H22N2O4. The zero-order valence-corrected chi connectivity index (χ0v) is 13.5. The Morgan fingerprint density at radius 1 is 1.35 bits per heavy atom. The van der Waals surface area contributed by atoms with E-state index in [0.29, 0.717) is 30.8 Å². The summed E-state index contributed by atoms with van der Waals surface area (Å²) < 4.78 is 4.98. The van der Waals surface area contributed by atoms with Crippen LogP contribution in [0.3, 0.4) is 0 Å². The molecule has 1 aromatic rings. The number of rotatable bonds is 6. The molecule has 1 heterocycles. The summed E-state index contributed by atoms with van der Waals surface area (Å²) >= 11 is 0. The maximum Gasteiger partial charge on any atom is 0.309 e. The molecule has 1 aliphatic heterocycles. The Morgan fingerprint density at radius 2 is 2.09 bits per heavy atom. The van der Waals surface area contributed by atoms with Crippen molar-refractivity contribution in [2.45, 2.75) is 33.1 Å². The molecule has 1 saturated heterocycles. The molecular weight excluding hydrogens is 296 g/mol. The molecule has 0 saturated carbocycles. The van der Waals surface area contributed by atoms with Crippen molar-refractivity contribution in [3.05, 3.63) is 24.3 Å². The van der Waals surface area contributed by atoms with E-state index in [1.54, 1.807) is 30.0 Å². The van der Waals surface area contributed by atoms with Crippen molar-refractivity contribution in [2.24, 2.45) is 5.92 Å². The first-order valence-electron chi connectivity index (χ1n) is 7.88. The molecule has 0 aromatic heterocycles. The number of nitrogens with zero attached hydrogens (tertiary/aromatic N) is 1. The van der Waals surface area contributed by atoms with Gasteiger partial charge in [0.2, 0.25) is 5.91 Å². The highest BCUT2D eigenvalue weighted by Crippen LogP contribution is 2.29. The van der Waals surface area contributed by atoms with E-state index in [4.69, 9.17) is 4.74 Å². The van der Waals surface area contributed by atoms with Crippen molar-refractivity contribution >= 4 is 29.2 Å². The molecule has 23 heavy (non-hydrogen) atoms. The second kappa shape index (κ2) is 7.76. The van der Waals surface area contributed by atoms with Crippen molar-refractivity contribution < 1.29 is 19.1 Å². The largest absolute Gasteiger partial charge is 0.455 e. The minimum atomic E-state index is -0.416. The standard InChI is InChI=1S/C17H22N2O4/c1-3-12(2)17(22)23-11-15(20)18-13-7-4-5-8-14(13)19-10-6-9-16(19)21/h4-5,7-8,12H,3,6,9-11H2,1-2H3,(H,18,20). The van der Waals surface area contributed by atoms with E-state index in [2.05, 4.69) is 5.32 Å². The van der Waals surface area contributed by atoms with E-state index >= 15 is 0 Å². The molecule has 6 nitrogen and oxygen atoms in total. The van der Waals surface area contributed by atoms with Crippen LogP contribution >= 0.6 is 0 Å². The lowest BCUT2D eigenvalue weighted by molar-refractivity contribution is -0.151. The van der Waals surface area contributed by atoms with Gasteiger partial charge < -0.3 is 15.0 Å². The highest BCUT2D eigenvalue weighted by atomic mass is 16.5. The zero-order valence-electron chi connectivity index (χ0n) is 13.5. The van der Waals surface area contributed by atoms with E-state index in [0.717, 1.165) is 6.42 Å². The van der Waals surface area contributed by atoms with Gasteiger partial charge in [0.05, 0.1) is 17.3 Å². The SMILES string of the molecule is CCC(C)C(=O)OCC(=O)Nc1ccccc1N1CCCC1=O. The normalized spacial score (nSPS) is 15.4. The second-order valence-electron chi connectivity index (χ2n) is 5.63. The highest BCUT2D eigenvalue weighted by molar-refractivity contribution is 6.02. The Labute approximate surface area is 135 Å². The van der Waals surface area contributed by atoms with Gasteiger partial charge in [-0.1, -0.05) is 26.0 Å². The molecule has 1 fully saturated rings. The van der Waals surface area contributed by atoms with Crippen LogP contribution in [-0.4, -0.2) is 30.9 Å². The third-order valence-electron chi connectivity index (χ3n) is 3.90. The number of carbonyl (C=O) groups excluding carboxylic acids is 3. The van der Waals surface area contributed by atoms with Crippen LogP contribution in [-0.2, 0) is 19.1 Å². The van der Waals surface area contributed by atoms with Crippen LogP contribution in [0.1, 0.15) is 33.1 Å². The molecule has 0 aliphatic carbocycles. The lowest BCUT2D eigenvalue weighted by Crippen LogP contribution is -2.27. The van der Waals surface area contributed by atoms with Gasteiger partial charge in [0.15, 0.2) is 6.61 Å². The van der Waals surface area contributed by atoms with Crippen LogP contribution in [0.15, 0.2) is 24.3 Å². The van der Waals surface area contributed by atoms with Gasteiger partial charge in [-0.15, -0.1) is 0 Å². The maximum atomic E-state index is 12.0. The van der Waals surface area contributed by atoms with Gasteiger partial charge >= 0.3 is 5.97 Å². The molecule has 0 bridgehead atoms. The first kappa shape index (κ1) is 17.0. The summed E-state index contributed by atoms with van der Waals surface area (Å²) in [5.41, 5.74) is 1.23. The number of amides is 2. The predicted molar refractivity (Wildman–Crippen MR) is 87.1 cm³/mol. The third-order valence-corrected chi connectivity index (χ3v) is 3.90. The topological polar surface area (TPSA) is 75.7 Å². The van der Waals surface area contributed by atoms with Crippen LogP contribution in [0.4, 0.5) is 11.4 Å². The van der Waals surface area contributed by atoms with Crippen molar-refractivity contribution in [2.75, 3.05) is 23.4 Å². The zero-order chi connectivity index (χ0) is 16.8. The Bertz CT molecular complexity index is 600. The lowest BCUT2D eigenvalue weighted by Gasteiger charge is -2.20. The number of esters is 1.